The summed E-state index contributed by atoms with van der Waals surface area (Å²) in [6.45, 7) is 53.5. The summed E-state index contributed by atoms with van der Waals surface area (Å²) in [5.41, 5.74) is 23.5. The van der Waals surface area contributed by atoms with Crippen molar-refractivity contribution in [1.29, 1.82) is 0 Å². The van der Waals surface area contributed by atoms with E-state index in [1.54, 1.807) is 82.2 Å². The lowest BCUT2D eigenvalue weighted by atomic mass is 9.87. The van der Waals surface area contributed by atoms with Crippen LogP contribution in [0.3, 0.4) is 0 Å². The molecule has 20 aromatic rings. The molecule has 1 fully saturated rings. The first kappa shape index (κ1) is 72.9. The van der Waals surface area contributed by atoms with Crippen molar-refractivity contribution in [3.63, 3.8) is 0 Å². The fraction of sp³-hybridized carbons (Fsp3) is 0.232. The molecule has 1 saturated carbocycles. The maximum absolute atomic E-state index is 9.36. The SMILES string of the molecule is [2H]c1c(C([2H])(C)C([2H])([2H])[2H])c([2H])c(-c2c(C)ccc3c2oc2c(-c4ccccc4)c([N+]#[C-])ccc23)[n+](C)c1C.[2H]c1c(C([2H])([2H])C(C)(C)C)c([2H])c(-c2c(C)ccc3c2oc2c(-c4ccccc4)c([N+]#[C-])ccc23)[n+](C)c1C.[2H]c1c(C([2H])([2H])C(C)C)c([2H])c(-c2c(C)ccc3c2oc2c(-c4ccccc4)c([N+]#[C-])ccc23)[n+](C)c1C.[2H]c1c(C2([2H])CCCC2)c([2H])c(-c2c(C)ccc3c2oc2c(-c4ccccc4)c([N+]#[C-])ccc23)[n+](C)c1C. The van der Waals surface area contributed by atoms with E-state index in [1.807, 2.05) is 273 Å². The Labute approximate surface area is 828 Å². The van der Waals surface area contributed by atoms with E-state index >= 15 is 0 Å². The van der Waals surface area contributed by atoms with Crippen LogP contribution >= 0.6 is 0 Å². The zero-order chi connectivity index (χ0) is 111. The molecule has 12 aromatic carbocycles. The van der Waals surface area contributed by atoms with Crippen LogP contribution in [0.15, 0.2) is 284 Å². The van der Waals surface area contributed by atoms with Crippen LogP contribution < -0.4 is 18.3 Å². The van der Waals surface area contributed by atoms with Gasteiger partial charge >= 0.3 is 0 Å². The van der Waals surface area contributed by atoms with E-state index in [0.717, 1.165) is 128 Å². The molecule has 21 rings (SSSR count). The monoisotopic (exact) mass is 1810 g/mol. The molecule has 0 saturated heterocycles. The highest BCUT2D eigenvalue weighted by Crippen LogP contribution is 2.51. The van der Waals surface area contributed by atoms with E-state index in [1.165, 1.54) is 6.92 Å². The van der Waals surface area contributed by atoms with Crippen molar-refractivity contribution < 1.29 is 59.2 Å². The number of nitrogens with zero attached hydrogens (tertiary/aromatic N) is 8. The van der Waals surface area contributed by atoms with Crippen LogP contribution in [0.1, 0.15) is 176 Å². The van der Waals surface area contributed by atoms with Gasteiger partial charge in [-0.3, -0.25) is 0 Å². The van der Waals surface area contributed by atoms with Crippen LogP contribution in [0, 0.1) is 93.0 Å². The van der Waals surface area contributed by atoms with Crippen LogP contribution in [0.4, 0.5) is 22.7 Å². The molecule has 0 aliphatic heterocycles. The van der Waals surface area contributed by atoms with Crippen molar-refractivity contribution in [2.75, 3.05) is 0 Å². The number of fused-ring (bicyclic) bond motifs is 12. The highest BCUT2D eigenvalue weighted by Gasteiger charge is 2.33. The standard InChI is InChI=1S/C32H29N2O.C32H31N2O.C31H29N2O.C30H27N2O/c1-20-14-15-25-26-16-17-27(33-3)30(23-12-6-5-7-13-23)32(26)35-31(25)29(20)28-19-24(18-21(2)34(28)4)22-10-8-9-11-22;1-20-13-14-24-25-15-16-26(33-6)29(23-11-9-8-10-12-23)31(25)35-30(24)28(20)27-18-22(19-32(3,4)5)17-21(2)34(27)7;1-19(2)16-22-17-21(4)33(6)27(18-22)28-20(3)12-13-24-25-14-15-26(32-5)29(31(25)34-30(24)28)23-10-8-7-9-11-23;1-18(2)22-16-20(4)32(6)26(17-22)27-19(3)12-13-23-24-14-15-25(31-5)28(30(24)33-29(23)27)21-10-8-7-9-11-21/h5-7,12-19,22H,8-11H2,1-2,4H3;8-18H,19H2,1-5,7H3;7-15,17-19H,16H2,1-4,6H3;7-18H,1-4,6H3/q4*+1/i18D,19D,22D;17D,18D,19D2;16D2,17D,18D;1D3,16D,17D,18D. The van der Waals surface area contributed by atoms with E-state index in [0.29, 0.717) is 154 Å². The van der Waals surface area contributed by atoms with Gasteiger partial charge in [-0.15, -0.1) is 0 Å². The molecule has 8 aromatic heterocycles. The van der Waals surface area contributed by atoms with Crippen molar-refractivity contribution in [1.82, 2.24) is 0 Å². The second-order valence-corrected chi connectivity index (χ2v) is 36.8. The molecule has 1 unspecified atom stereocenters. The number of benzene rings is 12. The van der Waals surface area contributed by atoms with E-state index in [4.69, 9.17) is 61.8 Å². The fourth-order valence-corrected chi connectivity index (χ4v) is 18.9. The molecule has 0 amide bonds. The lowest BCUT2D eigenvalue weighted by Crippen LogP contribution is -2.35. The number of aryl methyl sites for hydroxylation is 4. The van der Waals surface area contributed by atoms with Crippen molar-refractivity contribution in [3.05, 3.63) is 380 Å². The largest absolute Gasteiger partial charge is 0.456 e. The third-order valence-electron chi connectivity index (χ3n) is 26.1. The molecule has 676 valence electrons. The normalized spacial score (nSPS) is 15.0. The third kappa shape index (κ3) is 17.3. The second kappa shape index (κ2) is 37.7. The first-order valence-corrected chi connectivity index (χ1v) is 46.1. The minimum absolute atomic E-state index is 0.0111. The Morgan fingerprint density at radius 1 is 0.358 bits per heavy atom. The zero-order valence-electron chi connectivity index (χ0n) is 97.4. The predicted molar refractivity (Wildman–Crippen MR) is 563 cm³/mol. The molecular weight excluding hydrogens is 1680 g/mol. The summed E-state index contributed by atoms with van der Waals surface area (Å²) < 4.78 is 183. The Kier molecular flexibility index (Phi) is 20.0. The van der Waals surface area contributed by atoms with Gasteiger partial charge < -0.3 is 17.7 Å². The molecule has 0 bridgehead atoms. The Balaban J connectivity index is 0.000000133. The molecule has 1 aliphatic rings. The average molecular weight is 1810 g/mol. The molecule has 1 atom stereocenters. The molecule has 8 heterocycles. The van der Waals surface area contributed by atoms with Crippen LogP contribution in [-0.2, 0) is 40.9 Å². The van der Waals surface area contributed by atoms with Gasteiger partial charge in [-0.05, 0) is 143 Å². The summed E-state index contributed by atoms with van der Waals surface area (Å²) in [4.78, 5) is 15.1. The molecule has 0 N–H and O–H groups in total. The number of rotatable bonds is 13. The van der Waals surface area contributed by atoms with Gasteiger partial charge in [0.1, 0.15) is 72.9 Å². The fourth-order valence-electron chi connectivity index (χ4n) is 18.9. The predicted octanol–water partition coefficient (Wildman–Crippen LogP) is 33.2. The summed E-state index contributed by atoms with van der Waals surface area (Å²) >= 11 is 0. The molecule has 137 heavy (non-hydrogen) atoms. The Morgan fingerprint density at radius 3 is 0.927 bits per heavy atom. The lowest BCUT2D eigenvalue weighted by molar-refractivity contribution is -0.666. The Morgan fingerprint density at radius 2 is 0.628 bits per heavy atom. The summed E-state index contributed by atoms with van der Waals surface area (Å²) in [5.74, 6) is -3.50. The summed E-state index contributed by atoms with van der Waals surface area (Å²) in [6.07, 6.45) is -0.544. The van der Waals surface area contributed by atoms with Gasteiger partial charge in [-0.25, -0.2) is 19.4 Å². The van der Waals surface area contributed by atoms with Crippen LogP contribution in [0.5, 0.6) is 0 Å². The molecule has 12 nitrogen and oxygen atoms in total. The van der Waals surface area contributed by atoms with Crippen LogP contribution in [0.25, 0.3) is 197 Å². The minimum Gasteiger partial charge on any atom is -0.456 e. The topological polar surface area (TPSA) is 85.5 Å². The van der Waals surface area contributed by atoms with Crippen molar-refractivity contribution in [2.45, 2.75) is 154 Å². The van der Waals surface area contributed by atoms with E-state index in [2.05, 4.69) is 19.4 Å². The quantitative estimate of drug-likeness (QED) is 0.0850. The number of hydrogen-bond acceptors (Lipinski definition) is 4. The van der Waals surface area contributed by atoms with E-state index in [-0.39, 0.29) is 59.0 Å². The van der Waals surface area contributed by atoms with Gasteiger partial charge in [0.25, 0.3) is 0 Å². The highest BCUT2D eigenvalue weighted by atomic mass is 16.3. The van der Waals surface area contributed by atoms with Gasteiger partial charge in [-0.1, -0.05) is 280 Å². The molecule has 0 radical (unpaired) electrons. The van der Waals surface area contributed by atoms with Crippen molar-refractivity contribution in [3.8, 4) is 89.5 Å². The maximum Gasteiger partial charge on any atom is 0.216 e. The Hall–Kier alpha value is -15.6. The Bertz CT molecular complexity index is 8850. The van der Waals surface area contributed by atoms with Gasteiger partial charge in [0.15, 0.2) is 45.5 Å². The summed E-state index contributed by atoms with van der Waals surface area (Å²) in [6, 6.07) is 69.9. The molecular formula is C125H116N8O4+4. The number of pyridine rings is 4. The van der Waals surface area contributed by atoms with Gasteiger partial charge in [0, 0.05) is 154 Å². The lowest BCUT2D eigenvalue weighted by Gasteiger charge is -2.18. The third-order valence-corrected chi connectivity index (χ3v) is 26.1. The first-order valence-electron chi connectivity index (χ1n) is 54.6. The van der Waals surface area contributed by atoms with Crippen LogP contribution in [0.2, 0.25) is 0 Å². The highest BCUT2D eigenvalue weighted by molar-refractivity contribution is 6.19. The molecule has 0 spiro atoms. The maximum atomic E-state index is 9.36. The first-order chi connectivity index (χ1) is 72.9. The molecule has 12 heteroatoms. The van der Waals surface area contributed by atoms with Gasteiger partial charge in [-0.2, -0.15) is 18.3 Å². The van der Waals surface area contributed by atoms with Crippen molar-refractivity contribution >= 4 is 111 Å². The van der Waals surface area contributed by atoms with Crippen molar-refractivity contribution in [2.24, 2.45) is 39.5 Å². The summed E-state index contributed by atoms with van der Waals surface area (Å²) in [7, 11) is 7.24. The smallest absolute Gasteiger partial charge is 0.216 e. The number of aromatic nitrogens is 4. The number of hydrogen-bond donors (Lipinski definition) is 0. The number of furan rings is 4. The average Bonchev–Trinajstić information content (AvgIpc) is 1.35. The van der Waals surface area contributed by atoms with Crippen LogP contribution in [-0.4, -0.2) is 0 Å². The zero-order valence-corrected chi connectivity index (χ0v) is 80.4. The van der Waals surface area contributed by atoms with Gasteiger partial charge in [0.05, 0.1) is 59.5 Å². The van der Waals surface area contributed by atoms with E-state index < -0.39 is 42.7 Å². The van der Waals surface area contributed by atoms with E-state index in [9.17, 15) is 5.48 Å². The summed E-state index contributed by atoms with van der Waals surface area (Å²) in [5, 5.41) is 6.89. The minimum atomic E-state index is -2.75. The second-order valence-electron chi connectivity index (χ2n) is 36.8. The molecule has 1 aliphatic carbocycles. The van der Waals surface area contributed by atoms with Gasteiger partial charge in [0.2, 0.25) is 22.8 Å².